The van der Waals surface area contributed by atoms with Crippen LogP contribution in [0.2, 0.25) is 0 Å². The van der Waals surface area contributed by atoms with Crippen molar-refractivity contribution in [3.05, 3.63) is 17.5 Å². The number of rotatable bonds is 4. The molecule has 0 saturated carbocycles. The Morgan fingerprint density at radius 1 is 1.25 bits per heavy atom. The van der Waals surface area contributed by atoms with Gasteiger partial charge in [-0.25, -0.2) is 4.63 Å². The highest BCUT2D eigenvalue weighted by molar-refractivity contribution is 5.96. The molecule has 0 saturated heterocycles. The van der Waals surface area contributed by atoms with E-state index in [0.717, 1.165) is 11.4 Å². The van der Waals surface area contributed by atoms with Crippen molar-refractivity contribution in [2.75, 3.05) is 10.6 Å². The summed E-state index contributed by atoms with van der Waals surface area (Å²) in [6, 6.07) is 1.87. The van der Waals surface area contributed by atoms with E-state index < -0.39 is 0 Å². The Labute approximate surface area is 114 Å². The lowest BCUT2D eigenvalue weighted by Crippen LogP contribution is -2.21. The largest absolute Gasteiger partial charge is 0.305 e. The summed E-state index contributed by atoms with van der Waals surface area (Å²) in [7, 11) is 0. The molecule has 0 spiro atoms. The Morgan fingerprint density at radius 3 is 2.45 bits per heavy atom. The van der Waals surface area contributed by atoms with E-state index in [-0.39, 0.29) is 30.0 Å². The van der Waals surface area contributed by atoms with E-state index in [2.05, 4.69) is 30.7 Å². The summed E-state index contributed by atoms with van der Waals surface area (Å²) in [5.74, 6) is -0.556. The fourth-order valence-corrected chi connectivity index (χ4v) is 1.66. The molecule has 0 radical (unpaired) electrons. The van der Waals surface area contributed by atoms with Crippen LogP contribution in [0.5, 0.6) is 0 Å². The van der Waals surface area contributed by atoms with Gasteiger partial charge in [-0.1, -0.05) is 0 Å². The number of carbonyl (C=O) groups is 2. The lowest BCUT2D eigenvalue weighted by atomic mass is 10.4. The molecule has 0 aliphatic heterocycles. The van der Waals surface area contributed by atoms with E-state index in [1.165, 1.54) is 6.92 Å². The minimum atomic E-state index is -0.349. The molecule has 2 rings (SSSR count). The highest BCUT2D eigenvalue weighted by atomic mass is 16.6. The molecule has 2 N–H and O–H groups in total. The van der Waals surface area contributed by atoms with Gasteiger partial charge >= 0.3 is 0 Å². The Balaban J connectivity index is 2.03. The average molecular weight is 278 g/mol. The maximum absolute atomic E-state index is 11.9. The second kappa shape index (κ2) is 5.51. The predicted octanol–water partition coefficient (Wildman–Crippen LogP) is 0.480. The van der Waals surface area contributed by atoms with Crippen molar-refractivity contribution in [2.45, 2.75) is 27.3 Å². The first-order valence-electron chi connectivity index (χ1n) is 5.86. The van der Waals surface area contributed by atoms with Crippen molar-refractivity contribution in [1.82, 2.24) is 20.1 Å². The molecule has 20 heavy (non-hydrogen) atoms. The first-order chi connectivity index (χ1) is 9.45. The Hall–Kier alpha value is -2.71. The fraction of sp³-hybridized carbons (Fsp3) is 0.364. The van der Waals surface area contributed by atoms with Gasteiger partial charge in [-0.15, -0.1) is 0 Å². The van der Waals surface area contributed by atoms with Gasteiger partial charge in [-0.05, 0) is 30.2 Å². The first kappa shape index (κ1) is 13.7. The van der Waals surface area contributed by atoms with Crippen molar-refractivity contribution in [1.29, 1.82) is 0 Å². The Bertz CT molecular complexity index is 644. The summed E-state index contributed by atoms with van der Waals surface area (Å²) in [5.41, 5.74) is 1.70. The molecule has 0 unspecified atom stereocenters. The number of anilines is 2. The second-order valence-corrected chi connectivity index (χ2v) is 4.28. The Kier molecular flexibility index (Phi) is 3.78. The molecular formula is C11H14N6O3. The third-order valence-corrected chi connectivity index (χ3v) is 2.44. The number of aryl methyl sites for hydroxylation is 2. The predicted molar refractivity (Wildman–Crippen MR) is 68.9 cm³/mol. The number of nitrogens with zero attached hydrogens (tertiary/aromatic N) is 4. The van der Waals surface area contributed by atoms with E-state index in [0.29, 0.717) is 0 Å². The molecule has 2 aromatic heterocycles. The highest BCUT2D eigenvalue weighted by Gasteiger charge is 2.15. The fourth-order valence-electron chi connectivity index (χ4n) is 1.66. The van der Waals surface area contributed by atoms with E-state index in [9.17, 15) is 9.59 Å². The molecule has 0 fully saturated rings. The van der Waals surface area contributed by atoms with Gasteiger partial charge in [0.25, 0.3) is 0 Å². The summed E-state index contributed by atoms with van der Waals surface area (Å²) in [6.07, 6.45) is 0. The lowest BCUT2D eigenvalue weighted by molar-refractivity contribution is -0.117. The van der Waals surface area contributed by atoms with Crippen molar-refractivity contribution in [3.63, 3.8) is 0 Å². The van der Waals surface area contributed by atoms with Gasteiger partial charge in [0.2, 0.25) is 23.5 Å². The SMILES string of the molecule is CC(=O)Nc1nonc1NC(=O)Cn1nc(C)cc1C. The minimum Gasteiger partial charge on any atom is -0.305 e. The standard InChI is InChI=1S/C11H14N6O3/c1-6-4-7(2)17(14-6)5-9(19)13-11-10(12-8(3)18)15-20-16-11/h4H,5H2,1-3H3,(H,12,15,18)(H,13,16,19). The van der Waals surface area contributed by atoms with Crippen LogP contribution in [0.1, 0.15) is 18.3 Å². The molecule has 106 valence electrons. The van der Waals surface area contributed by atoms with Crippen LogP contribution in [0.25, 0.3) is 0 Å². The molecule has 0 aliphatic rings. The van der Waals surface area contributed by atoms with E-state index in [4.69, 9.17) is 0 Å². The average Bonchev–Trinajstić information content (AvgIpc) is 2.86. The number of hydrogen-bond donors (Lipinski definition) is 2. The van der Waals surface area contributed by atoms with Crippen molar-refractivity contribution < 1.29 is 14.2 Å². The van der Waals surface area contributed by atoms with E-state index >= 15 is 0 Å². The van der Waals surface area contributed by atoms with Gasteiger partial charge in [0.15, 0.2) is 0 Å². The minimum absolute atomic E-state index is 0.0338. The van der Waals surface area contributed by atoms with Gasteiger partial charge in [-0.2, -0.15) is 5.10 Å². The number of nitrogens with one attached hydrogen (secondary N) is 2. The smallest absolute Gasteiger partial charge is 0.247 e. The molecule has 2 aromatic rings. The van der Waals surface area contributed by atoms with Crippen LogP contribution in [0.4, 0.5) is 11.6 Å². The summed E-state index contributed by atoms with van der Waals surface area (Å²) >= 11 is 0. The van der Waals surface area contributed by atoms with E-state index in [1.54, 1.807) is 4.68 Å². The van der Waals surface area contributed by atoms with Crippen LogP contribution in [0, 0.1) is 13.8 Å². The molecule has 0 atom stereocenters. The molecule has 2 heterocycles. The summed E-state index contributed by atoms with van der Waals surface area (Å²) in [5, 5.41) is 16.1. The number of aromatic nitrogens is 4. The molecule has 2 amide bonds. The summed E-state index contributed by atoms with van der Waals surface area (Å²) in [6.45, 7) is 5.05. The van der Waals surface area contributed by atoms with Crippen LogP contribution < -0.4 is 10.6 Å². The number of hydrogen-bond acceptors (Lipinski definition) is 6. The Morgan fingerprint density at radius 2 is 1.90 bits per heavy atom. The maximum Gasteiger partial charge on any atom is 0.247 e. The molecule has 0 aromatic carbocycles. The maximum atomic E-state index is 11.9. The molecule has 0 aliphatic carbocycles. The monoisotopic (exact) mass is 278 g/mol. The second-order valence-electron chi connectivity index (χ2n) is 4.28. The molecular weight excluding hydrogens is 264 g/mol. The molecule has 9 heteroatoms. The van der Waals surface area contributed by atoms with Gasteiger partial charge in [0.1, 0.15) is 6.54 Å². The van der Waals surface area contributed by atoms with Gasteiger partial charge < -0.3 is 10.6 Å². The third-order valence-electron chi connectivity index (χ3n) is 2.44. The summed E-state index contributed by atoms with van der Waals surface area (Å²) in [4.78, 5) is 22.8. The summed E-state index contributed by atoms with van der Waals surface area (Å²) < 4.78 is 6.04. The van der Waals surface area contributed by atoms with Crippen LogP contribution in [0.15, 0.2) is 10.7 Å². The quantitative estimate of drug-likeness (QED) is 0.840. The zero-order valence-electron chi connectivity index (χ0n) is 11.3. The van der Waals surface area contributed by atoms with Crippen LogP contribution in [0.3, 0.4) is 0 Å². The zero-order chi connectivity index (χ0) is 14.7. The zero-order valence-corrected chi connectivity index (χ0v) is 11.3. The van der Waals surface area contributed by atoms with Gasteiger partial charge in [0.05, 0.1) is 5.69 Å². The highest BCUT2D eigenvalue weighted by Crippen LogP contribution is 2.15. The van der Waals surface area contributed by atoms with Gasteiger partial charge in [0, 0.05) is 12.6 Å². The van der Waals surface area contributed by atoms with Crippen molar-refractivity contribution in [3.8, 4) is 0 Å². The lowest BCUT2D eigenvalue weighted by Gasteiger charge is -2.05. The number of amides is 2. The van der Waals surface area contributed by atoms with Crippen LogP contribution in [-0.2, 0) is 16.1 Å². The third kappa shape index (κ3) is 3.19. The van der Waals surface area contributed by atoms with Gasteiger partial charge in [-0.3, -0.25) is 14.3 Å². The van der Waals surface area contributed by atoms with Crippen molar-refractivity contribution in [2.24, 2.45) is 0 Å². The number of carbonyl (C=O) groups excluding carboxylic acids is 2. The van der Waals surface area contributed by atoms with Crippen LogP contribution in [-0.4, -0.2) is 31.9 Å². The first-order valence-corrected chi connectivity index (χ1v) is 5.86. The van der Waals surface area contributed by atoms with Crippen molar-refractivity contribution >= 4 is 23.5 Å². The van der Waals surface area contributed by atoms with Crippen LogP contribution >= 0.6 is 0 Å². The van der Waals surface area contributed by atoms with E-state index in [1.807, 2.05) is 19.9 Å². The molecule has 0 bridgehead atoms. The normalized spacial score (nSPS) is 10.3. The topological polar surface area (TPSA) is 115 Å². The molecule has 9 nitrogen and oxygen atoms in total.